The number of fused-ring (bicyclic) bond motifs is 1. The van der Waals surface area contributed by atoms with E-state index in [1.807, 2.05) is 0 Å². The minimum Gasteiger partial charge on any atom is -0.484 e. The molecule has 1 aliphatic carbocycles. The topological polar surface area (TPSA) is 56.8 Å². The Hall–Kier alpha value is -1.91. The van der Waals surface area contributed by atoms with Gasteiger partial charge in [-0.1, -0.05) is 0 Å². The highest BCUT2D eigenvalue weighted by Gasteiger charge is 2.33. The molecule has 0 saturated heterocycles. The maximum atomic E-state index is 11.8. The minimum atomic E-state index is -0.0835. The lowest BCUT2D eigenvalue weighted by Gasteiger charge is -2.39. The first-order valence-electron chi connectivity index (χ1n) is 6.48. The second-order valence-corrected chi connectivity index (χ2v) is 5.27. The average Bonchev–Trinajstić information content (AvgIpc) is 2.81. The van der Waals surface area contributed by atoms with Gasteiger partial charge in [0.05, 0.1) is 0 Å². The lowest BCUT2D eigenvalue weighted by molar-refractivity contribution is -0.125. The van der Waals surface area contributed by atoms with Crippen LogP contribution in [0.4, 0.5) is 0 Å². The van der Waals surface area contributed by atoms with Crippen LogP contribution in [-0.4, -0.2) is 24.8 Å². The number of carbonyl (C=O) groups is 1. The minimum absolute atomic E-state index is 0.0230. The molecule has 0 bridgehead atoms. The summed E-state index contributed by atoms with van der Waals surface area (Å²) in [5.41, 5.74) is -0.0324. The van der Waals surface area contributed by atoms with Crippen LogP contribution in [0.25, 0.3) is 0 Å². The molecule has 0 aromatic heterocycles. The molecule has 2 aliphatic rings. The Bertz CT molecular complexity index is 496. The number of hydrogen-bond acceptors (Lipinski definition) is 4. The highest BCUT2D eigenvalue weighted by molar-refractivity contribution is 5.78. The van der Waals surface area contributed by atoms with Crippen LogP contribution in [-0.2, 0) is 4.79 Å². The molecule has 1 N–H and O–H groups in total. The molecule has 1 saturated carbocycles. The van der Waals surface area contributed by atoms with Crippen LogP contribution in [0.5, 0.6) is 17.2 Å². The van der Waals surface area contributed by atoms with Gasteiger partial charge in [-0.25, -0.2) is 0 Å². The first-order chi connectivity index (χ1) is 9.15. The molecule has 19 heavy (non-hydrogen) atoms. The van der Waals surface area contributed by atoms with E-state index in [2.05, 4.69) is 12.2 Å². The summed E-state index contributed by atoms with van der Waals surface area (Å²) >= 11 is 0. The molecule has 1 fully saturated rings. The van der Waals surface area contributed by atoms with Gasteiger partial charge in [-0.2, -0.15) is 0 Å². The summed E-state index contributed by atoms with van der Waals surface area (Å²) in [4.78, 5) is 11.8. The molecular weight excluding hydrogens is 246 g/mol. The van der Waals surface area contributed by atoms with Gasteiger partial charge in [0.15, 0.2) is 18.1 Å². The summed E-state index contributed by atoms with van der Waals surface area (Å²) in [6, 6.07) is 5.29. The predicted octanol–water partition coefficient (Wildman–Crippen LogP) is 1.85. The van der Waals surface area contributed by atoms with Crippen LogP contribution in [0.15, 0.2) is 18.2 Å². The van der Waals surface area contributed by atoms with Crippen molar-refractivity contribution in [3.8, 4) is 17.2 Å². The maximum Gasteiger partial charge on any atom is 0.258 e. The van der Waals surface area contributed by atoms with E-state index in [9.17, 15) is 4.79 Å². The van der Waals surface area contributed by atoms with Gasteiger partial charge in [-0.05, 0) is 38.3 Å². The standard InChI is InChI=1S/C14H17NO4/c1-14(5-2-6-14)15-13(16)8-17-10-3-4-11-12(7-10)19-9-18-11/h3-4,7H,2,5-6,8-9H2,1H3,(H,15,16). The van der Waals surface area contributed by atoms with E-state index in [0.717, 1.165) is 12.8 Å². The van der Waals surface area contributed by atoms with Crippen LogP contribution in [0, 0.1) is 0 Å². The average molecular weight is 263 g/mol. The third-order valence-electron chi connectivity index (χ3n) is 3.61. The smallest absolute Gasteiger partial charge is 0.258 e. The number of amides is 1. The zero-order valence-corrected chi connectivity index (χ0v) is 10.9. The van der Waals surface area contributed by atoms with E-state index in [1.165, 1.54) is 6.42 Å². The first kappa shape index (κ1) is 12.1. The molecule has 1 aromatic rings. The first-order valence-corrected chi connectivity index (χ1v) is 6.48. The van der Waals surface area contributed by atoms with Gasteiger partial charge >= 0.3 is 0 Å². The fourth-order valence-corrected chi connectivity index (χ4v) is 2.32. The number of benzene rings is 1. The van der Waals surface area contributed by atoms with Crippen molar-refractivity contribution in [3.05, 3.63) is 18.2 Å². The molecule has 0 spiro atoms. The highest BCUT2D eigenvalue weighted by atomic mass is 16.7. The number of carbonyl (C=O) groups excluding carboxylic acids is 1. The summed E-state index contributed by atoms with van der Waals surface area (Å²) in [6.07, 6.45) is 3.27. The molecule has 1 aliphatic heterocycles. The van der Waals surface area contributed by atoms with Gasteiger partial charge in [0.2, 0.25) is 6.79 Å². The second kappa shape index (κ2) is 4.64. The molecule has 5 nitrogen and oxygen atoms in total. The van der Waals surface area contributed by atoms with Gasteiger partial charge < -0.3 is 19.5 Å². The number of hydrogen-bond donors (Lipinski definition) is 1. The van der Waals surface area contributed by atoms with Crippen LogP contribution in [0.2, 0.25) is 0 Å². The Labute approximate surface area is 111 Å². The zero-order chi connectivity index (χ0) is 13.3. The Morgan fingerprint density at radius 2 is 2.16 bits per heavy atom. The van der Waals surface area contributed by atoms with Crippen molar-refractivity contribution in [2.45, 2.75) is 31.7 Å². The third-order valence-corrected chi connectivity index (χ3v) is 3.61. The van der Waals surface area contributed by atoms with Crippen LogP contribution in [0.1, 0.15) is 26.2 Å². The normalized spacial score (nSPS) is 18.6. The van der Waals surface area contributed by atoms with Crippen molar-refractivity contribution in [3.63, 3.8) is 0 Å². The van der Waals surface area contributed by atoms with Crippen LogP contribution in [0.3, 0.4) is 0 Å². The van der Waals surface area contributed by atoms with Gasteiger partial charge in [-0.15, -0.1) is 0 Å². The van der Waals surface area contributed by atoms with E-state index in [-0.39, 0.29) is 24.8 Å². The Morgan fingerprint density at radius 1 is 1.37 bits per heavy atom. The van der Waals surface area contributed by atoms with Gasteiger partial charge in [0.1, 0.15) is 5.75 Å². The number of rotatable bonds is 4. The van der Waals surface area contributed by atoms with Crippen molar-refractivity contribution in [1.82, 2.24) is 5.32 Å². The molecule has 0 radical (unpaired) electrons. The van der Waals surface area contributed by atoms with E-state index in [4.69, 9.17) is 14.2 Å². The monoisotopic (exact) mass is 263 g/mol. The molecule has 5 heteroatoms. The van der Waals surface area contributed by atoms with Crippen molar-refractivity contribution in [1.29, 1.82) is 0 Å². The summed E-state index contributed by atoms with van der Waals surface area (Å²) in [6.45, 7) is 2.32. The summed E-state index contributed by atoms with van der Waals surface area (Å²) in [5.74, 6) is 1.89. The quantitative estimate of drug-likeness (QED) is 0.900. The molecule has 0 atom stereocenters. The lowest BCUT2D eigenvalue weighted by atomic mass is 9.78. The highest BCUT2D eigenvalue weighted by Crippen LogP contribution is 2.35. The predicted molar refractivity (Wildman–Crippen MR) is 68.5 cm³/mol. The summed E-state index contributed by atoms with van der Waals surface area (Å²) in [5, 5.41) is 3.00. The number of ether oxygens (including phenoxy) is 3. The van der Waals surface area contributed by atoms with Gasteiger partial charge in [-0.3, -0.25) is 4.79 Å². The SMILES string of the molecule is CC1(NC(=O)COc2ccc3c(c2)OCO3)CCC1. The second-order valence-electron chi connectivity index (χ2n) is 5.27. The van der Waals surface area contributed by atoms with E-state index < -0.39 is 0 Å². The molecule has 1 aromatic carbocycles. The van der Waals surface area contributed by atoms with Crippen molar-refractivity contribution in [2.24, 2.45) is 0 Å². The number of nitrogens with one attached hydrogen (secondary N) is 1. The third kappa shape index (κ3) is 2.59. The fourth-order valence-electron chi connectivity index (χ4n) is 2.32. The van der Waals surface area contributed by atoms with Crippen molar-refractivity contribution < 1.29 is 19.0 Å². The molecule has 3 rings (SSSR count). The van der Waals surface area contributed by atoms with E-state index in [1.54, 1.807) is 18.2 Å². The fraction of sp³-hybridized carbons (Fsp3) is 0.500. The van der Waals surface area contributed by atoms with E-state index in [0.29, 0.717) is 17.2 Å². The molecular formula is C14H17NO4. The molecule has 1 heterocycles. The van der Waals surface area contributed by atoms with Crippen molar-refractivity contribution >= 4 is 5.91 Å². The van der Waals surface area contributed by atoms with E-state index >= 15 is 0 Å². The van der Waals surface area contributed by atoms with Gasteiger partial charge in [0.25, 0.3) is 5.91 Å². The van der Waals surface area contributed by atoms with Crippen LogP contribution < -0.4 is 19.5 Å². The zero-order valence-electron chi connectivity index (χ0n) is 10.9. The lowest BCUT2D eigenvalue weighted by Crippen LogP contribution is -2.52. The maximum absolute atomic E-state index is 11.8. The largest absolute Gasteiger partial charge is 0.484 e. The summed E-state index contributed by atoms with van der Waals surface area (Å²) < 4.78 is 15.9. The summed E-state index contributed by atoms with van der Waals surface area (Å²) in [7, 11) is 0. The van der Waals surface area contributed by atoms with Crippen LogP contribution >= 0.6 is 0 Å². The van der Waals surface area contributed by atoms with Gasteiger partial charge in [0, 0.05) is 11.6 Å². The Morgan fingerprint density at radius 3 is 2.89 bits per heavy atom. The Kier molecular flexibility index (Phi) is 2.97. The molecule has 102 valence electrons. The molecule has 1 amide bonds. The van der Waals surface area contributed by atoms with Crippen molar-refractivity contribution in [2.75, 3.05) is 13.4 Å². The Balaban J connectivity index is 1.53. The molecule has 0 unspecified atom stereocenters.